The van der Waals surface area contributed by atoms with Crippen molar-refractivity contribution in [2.45, 2.75) is 32.2 Å². The molecule has 1 N–H and O–H groups in total. The molecule has 1 unspecified atom stereocenters. The van der Waals surface area contributed by atoms with E-state index in [9.17, 15) is 9.59 Å². The highest BCUT2D eigenvalue weighted by Gasteiger charge is 2.32. The number of carbonyl (C=O) groups is 2. The van der Waals surface area contributed by atoms with Crippen LogP contribution in [-0.2, 0) is 14.3 Å². The molecule has 0 bridgehead atoms. The maximum absolute atomic E-state index is 11.0. The Morgan fingerprint density at radius 1 is 1.75 bits per heavy atom. The zero-order valence-corrected chi connectivity index (χ0v) is 7.13. The summed E-state index contributed by atoms with van der Waals surface area (Å²) in [4.78, 5) is 21.4. The highest BCUT2D eigenvalue weighted by atomic mass is 16.5. The third-order valence-electron chi connectivity index (χ3n) is 1.75. The van der Waals surface area contributed by atoms with E-state index in [1.54, 1.807) is 0 Å². The van der Waals surface area contributed by atoms with Crippen LogP contribution in [0.2, 0.25) is 0 Å². The van der Waals surface area contributed by atoms with E-state index in [0.717, 1.165) is 12.8 Å². The van der Waals surface area contributed by atoms with Gasteiger partial charge in [0, 0.05) is 0 Å². The van der Waals surface area contributed by atoms with Gasteiger partial charge in [-0.05, 0) is 6.42 Å². The Hall–Kier alpha value is -1.06. The van der Waals surface area contributed by atoms with Crippen LogP contribution in [0, 0.1) is 0 Å². The van der Waals surface area contributed by atoms with Crippen LogP contribution in [0.4, 0.5) is 0 Å². The first kappa shape index (κ1) is 9.03. The van der Waals surface area contributed by atoms with Crippen molar-refractivity contribution in [2.24, 2.45) is 0 Å². The van der Waals surface area contributed by atoms with Crippen molar-refractivity contribution in [2.75, 3.05) is 6.61 Å². The normalized spacial score (nSPS) is 21.1. The van der Waals surface area contributed by atoms with Crippen LogP contribution in [0.5, 0.6) is 0 Å². The summed E-state index contributed by atoms with van der Waals surface area (Å²) in [5, 5.41) is 2.46. The SMILES string of the molecule is CCCCOC(=O)C1CC(=O)N1. The molecule has 0 spiro atoms. The first-order valence-electron chi connectivity index (χ1n) is 4.20. The average Bonchev–Trinajstić information content (AvgIpc) is 1.99. The van der Waals surface area contributed by atoms with Crippen molar-refractivity contribution >= 4 is 11.9 Å². The maximum atomic E-state index is 11.0. The van der Waals surface area contributed by atoms with E-state index in [0.29, 0.717) is 6.61 Å². The highest BCUT2D eigenvalue weighted by Crippen LogP contribution is 2.06. The fourth-order valence-corrected chi connectivity index (χ4v) is 0.919. The predicted octanol–water partition coefficient (Wildman–Crippen LogP) is 0.218. The van der Waals surface area contributed by atoms with Crippen molar-refractivity contribution in [3.05, 3.63) is 0 Å². The Morgan fingerprint density at radius 3 is 2.92 bits per heavy atom. The molecule has 1 aliphatic rings. The molecule has 1 saturated heterocycles. The quantitative estimate of drug-likeness (QED) is 0.374. The summed E-state index contributed by atoms with van der Waals surface area (Å²) >= 11 is 0. The van der Waals surface area contributed by atoms with Crippen molar-refractivity contribution < 1.29 is 14.3 Å². The molecule has 1 heterocycles. The van der Waals surface area contributed by atoms with Gasteiger partial charge in [-0.25, -0.2) is 4.79 Å². The monoisotopic (exact) mass is 171 g/mol. The zero-order valence-electron chi connectivity index (χ0n) is 7.13. The van der Waals surface area contributed by atoms with E-state index < -0.39 is 0 Å². The van der Waals surface area contributed by atoms with Crippen LogP contribution >= 0.6 is 0 Å². The van der Waals surface area contributed by atoms with Gasteiger partial charge in [-0.15, -0.1) is 0 Å². The first-order valence-corrected chi connectivity index (χ1v) is 4.20. The third kappa shape index (κ3) is 2.22. The number of carbonyl (C=O) groups excluding carboxylic acids is 2. The van der Waals surface area contributed by atoms with Gasteiger partial charge < -0.3 is 10.1 Å². The van der Waals surface area contributed by atoms with Crippen molar-refractivity contribution in [3.8, 4) is 0 Å². The molecule has 0 radical (unpaired) electrons. The molecule has 0 aliphatic carbocycles. The fourth-order valence-electron chi connectivity index (χ4n) is 0.919. The Labute approximate surface area is 71.3 Å². The van der Waals surface area contributed by atoms with Crippen molar-refractivity contribution in [3.63, 3.8) is 0 Å². The predicted molar refractivity (Wildman–Crippen MR) is 42.4 cm³/mol. The van der Waals surface area contributed by atoms with Crippen molar-refractivity contribution in [1.82, 2.24) is 5.32 Å². The molecule has 1 rings (SSSR count). The van der Waals surface area contributed by atoms with E-state index >= 15 is 0 Å². The summed E-state index contributed by atoms with van der Waals surface area (Å²) < 4.78 is 4.88. The van der Waals surface area contributed by atoms with Gasteiger partial charge in [0.1, 0.15) is 6.04 Å². The standard InChI is InChI=1S/C8H13NO3/c1-2-3-4-12-8(11)6-5-7(10)9-6/h6H,2-5H2,1H3,(H,9,10). The molecular formula is C8H13NO3. The zero-order chi connectivity index (χ0) is 8.97. The van der Waals surface area contributed by atoms with Crippen molar-refractivity contribution in [1.29, 1.82) is 0 Å². The Bertz CT molecular complexity index is 183. The molecule has 1 aliphatic heterocycles. The molecule has 0 saturated carbocycles. The third-order valence-corrected chi connectivity index (χ3v) is 1.75. The largest absolute Gasteiger partial charge is 0.464 e. The lowest BCUT2D eigenvalue weighted by molar-refractivity contribution is -0.153. The molecule has 0 aromatic carbocycles. The topological polar surface area (TPSA) is 55.4 Å². The van der Waals surface area contributed by atoms with Crippen LogP contribution in [0.1, 0.15) is 26.2 Å². The molecule has 0 aromatic heterocycles. The van der Waals surface area contributed by atoms with Crippen LogP contribution in [0.15, 0.2) is 0 Å². The second-order valence-corrected chi connectivity index (χ2v) is 2.85. The number of unbranched alkanes of at least 4 members (excludes halogenated alkanes) is 1. The summed E-state index contributed by atoms with van der Waals surface area (Å²) in [5.74, 6) is -0.379. The second kappa shape index (κ2) is 4.09. The smallest absolute Gasteiger partial charge is 0.329 e. The summed E-state index contributed by atoms with van der Waals surface area (Å²) in [6.07, 6.45) is 2.17. The minimum absolute atomic E-state index is 0.0764. The minimum Gasteiger partial charge on any atom is -0.464 e. The number of ether oxygens (including phenoxy) is 1. The number of amides is 1. The number of hydrogen-bond donors (Lipinski definition) is 1. The lowest BCUT2D eigenvalue weighted by atomic mass is 10.1. The van der Waals surface area contributed by atoms with E-state index in [1.807, 2.05) is 6.92 Å². The van der Waals surface area contributed by atoms with Gasteiger partial charge in [-0.2, -0.15) is 0 Å². The van der Waals surface area contributed by atoms with Gasteiger partial charge in [-0.3, -0.25) is 4.79 Å². The molecule has 12 heavy (non-hydrogen) atoms. The van der Waals surface area contributed by atoms with Gasteiger partial charge in [0.2, 0.25) is 5.91 Å². The molecule has 4 nitrogen and oxygen atoms in total. The number of rotatable bonds is 4. The molecule has 68 valence electrons. The Balaban J connectivity index is 2.08. The second-order valence-electron chi connectivity index (χ2n) is 2.85. The highest BCUT2D eigenvalue weighted by molar-refractivity contribution is 5.94. The fraction of sp³-hybridized carbons (Fsp3) is 0.750. The van der Waals surface area contributed by atoms with E-state index in [-0.39, 0.29) is 24.3 Å². The van der Waals surface area contributed by atoms with Gasteiger partial charge >= 0.3 is 5.97 Å². The van der Waals surface area contributed by atoms with Gasteiger partial charge in [0.05, 0.1) is 13.0 Å². The minimum atomic E-state index is -0.380. The summed E-state index contributed by atoms with van der Waals surface area (Å²) in [5.41, 5.74) is 0. The summed E-state index contributed by atoms with van der Waals surface area (Å²) in [7, 11) is 0. The Kier molecular flexibility index (Phi) is 3.08. The lowest BCUT2D eigenvalue weighted by Gasteiger charge is -2.24. The van der Waals surface area contributed by atoms with Crippen LogP contribution in [0.25, 0.3) is 0 Å². The molecule has 1 amide bonds. The molecular weight excluding hydrogens is 158 g/mol. The van der Waals surface area contributed by atoms with Crippen LogP contribution in [0.3, 0.4) is 0 Å². The number of hydrogen-bond acceptors (Lipinski definition) is 3. The van der Waals surface area contributed by atoms with E-state index in [2.05, 4.69) is 5.32 Å². The van der Waals surface area contributed by atoms with Crippen LogP contribution < -0.4 is 5.32 Å². The first-order chi connectivity index (χ1) is 5.74. The maximum Gasteiger partial charge on any atom is 0.329 e. The molecule has 1 atom stereocenters. The van der Waals surface area contributed by atoms with Crippen LogP contribution in [-0.4, -0.2) is 24.5 Å². The summed E-state index contributed by atoms with van der Waals surface area (Å²) in [6.45, 7) is 2.49. The van der Waals surface area contributed by atoms with E-state index in [4.69, 9.17) is 4.74 Å². The summed E-state index contributed by atoms with van der Waals surface area (Å²) in [6, 6.07) is -0.380. The average molecular weight is 171 g/mol. The lowest BCUT2D eigenvalue weighted by Crippen LogP contribution is -2.53. The Morgan fingerprint density at radius 2 is 2.42 bits per heavy atom. The molecule has 4 heteroatoms. The number of β-lactam (4-membered cyclic amide) rings is 1. The molecule has 0 aromatic rings. The van der Waals surface area contributed by atoms with Gasteiger partial charge in [0.25, 0.3) is 0 Å². The molecule has 1 fully saturated rings. The van der Waals surface area contributed by atoms with E-state index in [1.165, 1.54) is 0 Å². The number of nitrogens with one attached hydrogen (secondary N) is 1. The number of esters is 1. The van der Waals surface area contributed by atoms with Gasteiger partial charge in [0.15, 0.2) is 0 Å². The van der Waals surface area contributed by atoms with Gasteiger partial charge in [-0.1, -0.05) is 13.3 Å².